The second-order valence-electron chi connectivity index (χ2n) is 4.52. The molecule has 0 saturated carbocycles. The van der Waals surface area contributed by atoms with E-state index < -0.39 is 18.0 Å². The Morgan fingerprint density at radius 1 is 1.33 bits per heavy atom. The molecule has 0 spiro atoms. The summed E-state index contributed by atoms with van der Waals surface area (Å²) in [6, 6.07) is 6.58. The molecule has 1 aromatic carbocycles. The van der Waals surface area contributed by atoms with Crippen molar-refractivity contribution in [3.05, 3.63) is 42.0 Å². The lowest BCUT2D eigenvalue weighted by molar-refractivity contribution is -0.148. The van der Waals surface area contributed by atoms with E-state index in [0.29, 0.717) is 17.7 Å². The molecule has 0 saturated heterocycles. The normalized spacial score (nSPS) is 12.0. The van der Waals surface area contributed by atoms with E-state index in [1.165, 1.54) is 19.9 Å². The maximum atomic E-state index is 11.9. The van der Waals surface area contributed by atoms with E-state index in [4.69, 9.17) is 4.74 Å². The fraction of sp³-hybridized carbons (Fsp3) is 0.312. The van der Waals surface area contributed by atoms with Gasteiger partial charge in [0.15, 0.2) is 11.9 Å². The molecule has 0 bridgehead atoms. The average molecular weight is 289 g/mol. The third-order valence-electron chi connectivity index (χ3n) is 2.69. The molecule has 1 atom stereocenters. The molecule has 0 aliphatic carbocycles. The Hall–Kier alpha value is -2.43. The zero-order valence-electron chi connectivity index (χ0n) is 12.4. The first-order valence-electron chi connectivity index (χ1n) is 6.73. The lowest BCUT2D eigenvalue weighted by Crippen LogP contribution is -2.29. The Balaban J connectivity index is 2.64. The number of hydrogen-bond donors (Lipinski definition) is 1. The summed E-state index contributed by atoms with van der Waals surface area (Å²) < 4.78 is 4.96. The maximum Gasteiger partial charge on any atom is 0.331 e. The van der Waals surface area contributed by atoms with Gasteiger partial charge in [0.25, 0.3) is 5.91 Å². The molecule has 0 aliphatic heterocycles. The average Bonchev–Trinajstić information content (AvgIpc) is 2.45. The van der Waals surface area contributed by atoms with Crippen LogP contribution in [0.3, 0.4) is 0 Å². The van der Waals surface area contributed by atoms with Gasteiger partial charge in [-0.05, 0) is 32.4 Å². The second-order valence-corrected chi connectivity index (χ2v) is 4.52. The first-order chi connectivity index (χ1) is 9.93. The van der Waals surface area contributed by atoms with E-state index in [1.54, 1.807) is 30.3 Å². The van der Waals surface area contributed by atoms with Gasteiger partial charge in [0.05, 0.1) is 0 Å². The van der Waals surface area contributed by atoms with Gasteiger partial charge in [-0.25, -0.2) is 4.79 Å². The Labute approximate surface area is 124 Å². The molecule has 0 fully saturated rings. The number of carbonyl (C=O) groups excluding carboxylic acids is 3. The predicted octanol–water partition coefficient (Wildman–Crippen LogP) is 2.73. The molecule has 1 aromatic rings. The van der Waals surface area contributed by atoms with Crippen molar-refractivity contribution in [2.24, 2.45) is 0 Å². The van der Waals surface area contributed by atoms with Gasteiger partial charge in [0, 0.05) is 17.3 Å². The van der Waals surface area contributed by atoms with E-state index in [2.05, 4.69) is 5.32 Å². The Morgan fingerprint density at radius 2 is 2.05 bits per heavy atom. The maximum absolute atomic E-state index is 11.9. The summed E-state index contributed by atoms with van der Waals surface area (Å²) in [4.78, 5) is 34.6. The standard InChI is InChI=1S/C16H19NO4/c1-4-5-9-15(19)21-12(3)16(20)17-14-8-6-7-13(10-14)11(2)18/h5-10,12H,4H2,1-3H3,(H,17,20)/b9-5+/t12-/m1/s1. The molecule has 0 radical (unpaired) electrons. The molecule has 1 N–H and O–H groups in total. The van der Waals surface area contributed by atoms with E-state index in [-0.39, 0.29) is 5.78 Å². The Bertz CT molecular complexity index is 563. The SMILES string of the molecule is CC/C=C/C(=O)O[C@H](C)C(=O)Nc1cccc(C(C)=O)c1. The summed E-state index contributed by atoms with van der Waals surface area (Å²) in [5.41, 5.74) is 0.989. The Morgan fingerprint density at radius 3 is 2.67 bits per heavy atom. The van der Waals surface area contributed by atoms with Crippen molar-refractivity contribution in [3.63, 3.8) is 0 Å². The highest BCUT2D eigenvalue weighted by Gasteiger charge is 2.16. The number of nitrogens with one attached hydrogen (secondary N) is 1. The predicted molar refractivity (Wildman–Crippen MR) is 80.1 cm³/mol. The van der Waals surface area contributed by atoms with Crippen molar-refractivity contribution in [2.45, 2.75) is 33.3 Å². The number of hydrogen-bond acceptors (Lipinski definition) is 4. The highest BCUT2D eigenvalue weighted by atomic mass is 16.5. The van der Waals surface area contributed by atoms with Gasteiger partial charge in [-0.2, -0.15) is 0 Å². The highest BCUT2D eigenvalue weighted by molar-refractivity contribution is 5.98. The summed E-state index contributed by atoms with van der Waals surface area (Å²) in [6.45, 7) is 4.83. The minimum Gasteiger partial charge on any atom is -0.449 e. The molecule has 5 nitrogen and oxygen atoms in total. The fourth-order valence-corrected chi connectivity index (χ4v) is 1.54. The Kier molecular flexibility index (Phi) is 6.33. The van der Waals surface area contributed by atoms with Crippen molar-refractivity contribution in [1.29, 1.82) is 0 Å². The molecule has 0 aromatic heterocycles. The first-order valence-corrected chi connectivity index (χ1v) is 6.73. The van der Waals surface area contributed by atoms with Crippen LogP contribution in [-0.2, 0) is 14.3 Å². The number of anilines is 1. The number of benzene rings is 1. The van der Waals surface area contributed by atoms with Crippen LogP contribution >= 0.6 is 0 Å². The van der Waals surface area contributed by atoms with E-state index in [1.807, 2.05) is 6.92 Å². The van der Waals surface area contributed by atoms with Crippen molar-refractivity contribution < 1.29 is 19.1 Å². The number of ketones is 1. The highest BCUT2D eigenvalue weighted by Crippen LogP contribution is 2.12. The van der Waals surface area contributed by atoms with Gasteiger partial charge in [0.1, 0.15) is 0 Å². The summed E-state index contributed by atoms with van der Waals surface area (Å²) in [5.74, 6) is -1.10. The smallest absolute Gasteiger partial charge is 0.331 e. The molecule has 0 unspecified atom stereocenters. The van der Waals surface area contributed by atoms with Crippen LogP contribution in [-0.4, -0.2) is 23.8 Å². The van der Waals surface area contributed by atoms with Crippen molar-refractivity contribution >= 4 is 23.3 Å². The van der Waals surface area contributed by atoms with Crippen LogP contribution in [0, 0.1) is 0 Å². The minimum atomic E-state index is -0.917. The van der Waals surface area contributed by atoms with Gasteiger partial charge in [0.2, 0.25) is 0 Å². The van der Waals surface area contributed by atoms with Crippen LogP contribution in [0.5, 0.6) is 0 Å². The zero-order valence-corrected chi connectivity index (χ0v) is 12.4. The monoisotopic (exact) mass is 289 g/mol. The van der Waals surface area contributed by atoms with Gasteiger partial charge >= 0.3 is 5.97 Å². The molecule has 21 heavy (non-hydrogen) atoms. The molecule has 0 heterocycles. The van der Waals surface area contributed by atoms with Crippen LogP contribution in [0.15, 0.2) is 36.4 Å². The fourth-order valence-electron chi connectivity index (χ4n) is 1.54. The topological polar surface area (TPSA) is 72.5 Å². The number of esters is 1. The molecule has 112 valence electrons. The van der Waals surface area contributed by atoms with Crippen molar-refractivity contribution in [2.75, 3.05) is 5.32 Å². The van der Waals surface area contributed by atoms with E-state index >= 15 is 0 Å². The lowest BCUT2D eigenvalue weighted by atomic mass is 10.1. The van der Waals surface area contributed by atoms with E-state index in [0.717, 1.165) is 0 Å². The number of Topliss-reactive ketones (excluding diaryl/α,β-unsaturated/α-hetero) is 1. The summed E-state index contributed by atoms with van der Waals surface area (Å²) in [5, 5.41) is 2.61. The molecule has 1 rings (SSSR count). The number of ether oxygens (including phenoxy) is 1. The van der Waals surface area contributed by atoms with Gasteiger partial charge in [-0.15, -0.1) is 0 Å². The first kappa shape index (κ1) is 16.6. The van der Waals surface area contributed by atoms with Gasteiger partial charge in [-0.3, -0.25) is 9.59 Å². The second kappa shape index (κ2) is 7.99. The molecule has 1 amide bonds. The van der Waals surface area contributed by atoms with Crippen LogP contribution in [0.4, 0.5) is 5.69 Å². The quantitative estimate of drug-likeness (QED) is 0.496. The van der Waals surface area contributed by atoms with Crippen molar-refractivity contribution in [3.8, 4) is 0 Å². The molecule has 5 heteroatoms. The summed E-state index contributed by atoms with van der Waals surface area (Å²) in [6.07, 6.45) is 2.75. The third kappa shape index (κ3) is 5.60. The van der Waals surface area contributed by atoms with E-state index in [9.17, 15) is 14.4 Å². The molecular weight excluding hydrogens is 270 g/mol. The molecular formula is C16H19NO4. The minimum absolute atomic E-state index is 0.0877. The van der Waals surface area contributed by atoms with Gasteiger partial charge in [-0.1, -0.05) is 25.1 Å². The number of allylic oxidation sites excluding steroid dienone is 1. The summed E-state index contributed by atoms with van der Waals surface area (Å²) in [7, 11) is 0. The van der Waals surface area contributed by atoms with Crippen LogP contribution in [0.25, 0.3) is 0 Å². The van der Waals surface area contributed by atoms with Crippen LogP contribution in [0.2, 0.25) is 0 Å². The number of rotatable bonds is 6. The lowest BCUT2D eigenvalue weighted by Gasteiger charge is -2.12. The van der Waals surface area contributed by atoms with Crippen molar-refractivity contribution in [1.82, 2.24) is 0 Å². The van der Waals surface area contributed by atoms with Crippen LogP contribution < -0.4 is 5.32 Å². The van der Waals surface area contributed by atoms with Crippen LogP contribution in [0.1, 0.15) is 37.6 Å². The molecule has 0 aliphatic rings. The zero-order chi connectivity index (χ0) is 15.8. The largest absolute Gasteiger partial charge is 0.449 e. The van der Waals surface area contributed by atoms with Gasteiger partial charge < -0.3 is 10.1 Å². The third-order valence-corrected chi connectivity index (χ3v) is 2.69. The summed E-state index contributed by atoms with van der Waals surface area (Å²) >= 11 is 0. The number of amides is 1. The number of carbonyl (C=O) groups is 3.